The topological polar surface area (TPSA) is 44.3 Å². The van der Waals surface area contributed by atoms with E-state index in [2.05, 4.69) is 58.2 Å². The number of aromatic nitrogens is 2. The van der Waals surface area contributed by atoms with Crippen LogP contribution in [0.25, 0.3) is 11.1 Å². The molecule has 2 unspecified atom stereocenters. The van der Waals surface area contributed by atoms with Crippen LogP contribution in [0.4, 0.5) is 5.69 Å². The molecule has 1 aliphatic heterocycles. The van der Waals surface area contributed by atoms with Crippen LogP contribution < -0.4 is 4.90 Å². The Labute approximate surface area is 152 Å². The summed E-state index contributed by atoms with van der Waals surface area (Å²) in [4.78, 5) is 7.02. The lowest BCUT2D eigenvalue weighted by Crippen LogP contribution is -2.37. The van der Waals surface area contributed by atoms with E-state index in [0.717, 1.165) is 21.7 Å². The minimum absolute atomic E-state index is 0.0706. The van der Waals surface area contributed by atoms with Gasteiger partial charge in [-0.15, -0.1) is 0 Å². The number of benzene rings is 2. The minimum Gasteiger partial charge on any atom is -0.342 e. The fraction of sp³-hybridized carbons (Fsp3) is 0.200. The first kappa shape index (κ1) is 15.9. The molecule has 2 heterocycles. The quantitative estimate of drug-likeness (QED) is 0.716. The number of hydrogen-bond donors (Lipinski definition) is 1. The van der Waals surface area contributed by atoms with Crippen LogP contribution in [0, 0.1) is 0 Å². The van der Waals surface area contributed by atoms with Crippen molar-refractivity contribution in [3.8, 4) is 11.1 Å². The smallest absolute Gasteiger partial charge is 0.118 e. The molecule has 4 nitrogen and oxygen atoms in total. The van der Waals surface area contributed by atoms with E-state index in [1.165, 1.54) is 11.3 Å². The van der Waals surface area contributed by atoms with Crippen LogP contribution in [-0.2, 0) is 0 Å². The van der Waals surface area contributed by atoms with E-state index < -0.39 is 0 Å². The zero-order valence-corrected chi connectivity index (χ0v) is 14.9. The molecule has 0 radical (unpaired) electrons. The first-order valence-electron chi connectivity index (χ1n) is 8.33. The van der Waals surface area contributed by atoms with Gasteiger partial charge in [-0.2, -0.15) is 5.10 Å². The van der Waals surface area contributed by atoms with Gasteiger partial charge < -0.3 is 4.90 Å². The molecule has 0 fully saturated rings. The summed E-state index contributed by atoms with van der Waals surface area (Å²) >= 11 is 6.19. The zero-order chi connectivity index (χ0) is 17.4. The molecule has 25 heavy (non-hydrogen) atoms. The van der Waals surface area contributed by atoms with Gasteiger partial charge in [-0.1, -0.05) is 29.8 Å². The average Bonchev–Trinajstić information content (AvgIpc) is 3.15. The number of rotatable bonds is 3. The SMILES string of the molecule is CC1N=Cc2cc(-c3cn[nH]c3)ccc2N1C(C)c1cccc(Cl)c1. The summed E-state index contributed by atoms with van der Waals surface area (Å²) in [5.74, 6) is 0. The molecule has 2 atom stereocenters. The summed E-state index contributed by atoms with van der Waals surface area (Å²) in [7, 11) is 0. The van der Waals surface area contributed by atoms with Gasteiger partial charge >= 0.3 is 0 Å². The van der Waals surface area contributed by atoms with Crippen molar-refractivity contribution in [2.24, 2.45) is 4.99 Å². The van der Waals surface area contributed by atoms with Gasteiger partial charge in [0.25, 0.3) is 0 Å². The van der Waals surface area contributed by atoms with Crippen molar-refractivity contribution in [3.63, 3.8) is 0 Å². The Hall–Kier alpha value is -2.59. The molecule has 0 amide bonds. The predicted molar refractivity (Wildman–Crippen MR) is 103 cm³/mol. The average molecular weight is 351 g/mol. The van der Waals surface area contributed by atoms with E-state index in [1.807, 2.05) is 36.8 Å². The van der Waals surface area contributed by atoms with Gasteiger partial charge in [0.1, 0.15) is 6.17 Å². The van der Waals surface area contributed by atoms with E-state index in [4.69, 9.17) is 11.6 Å². The fourth-order valence-corrected chi connectivity index (χ4v) is 3.60. The number of aliphatic imine (C=N–C) groups is 1. The van der Waals surface area contributed by atoms with Gasteiger partial charge in [0.05, 0.1) is 12.2 Å². The highest BCUT2D eigenvalue weighted by molar-refractivity contribution is 6.30. The van der Waals surface area contributed by atoms with Crippen molar-refractivity contribution in [1.82, 2.24) is 10.2 Å². The Morgan fingerprint density at radius 1 is 1.16 bits per heavy atom. The van der Waals surface area contributed by atoms with E-state index in [1.54, 1.807) is 0 Å². The Bertz CT molecular complexity index is 917. The summed E-state index contributed by atoms with van der Waals surface area (Å²) in [5.41, 5.74) is 5.68. The molecule has 0 saturated heterocycles. The van der Waals surface area contributed by atoms with Gasteiger partial charge in [-0.25, -0.2) is 0 Å². The van der Waals surface area contributed by atoms with Gasteiger partial charge in [0.2, 0.25) is 0 Å². The molecule has 1 aliphatic rings. The molecule has 0 saturated carbocycles. The van der Waals surface area contributed by atoms with Crippen LogP contribution in [0.2, 0.25) is 5.02 Å². The molecule has 2 aromatic carbocycles. The van der Waals surface area contributed by atoms with Crippen molar-refractivity contribution in [1.29, 1.82) is 0 Å². The molecule has 1 aromatic heterocycles. The van der Waals surface area contributed by atoms with Crippen molar-refractivity contribution >= 4 is 23.5 Å². The molecular weight excluding hydrogens is 332 g/mol. The highest BCUT2D eigenvalue weighted by atomic mass is 35.5. The highest BCUT2D eigenvalue weighted by Gasteiger charge is 2.26. The third kappa shape index (κ3) is 2.94. The van der Waals surface area contributed by atoms with Crippen LogP contribution in [-0.4, -0.2) is 22.6 Å². The fourth-order valence-electron chi connectivity index (χ4n) is 3.40. The van der Waals surface area contributed by atoms with Gasteiger partial charge in [0.15, 0.2) is 0 Å². The Balaban J connectivity index is 1.74. The highest BCUT2D eigenvalue weighted by Crippen LogP contribution is 2.36. The van der Waals surface area contributed by atoms with E-state index in [0.29, 0.717) is 0 Å². The summed E-state index contributed by atoms with van der Waals surface area (Å²) in [5, 5.41) is 7.65. The lowest BCUT2D eigenvalue weighted by molar-refractivity contribution is 0.578. The Morgan fingerprint density at radius 3 is 2.80 bits per heavy atom. The third-order valence-corrected chi connectivity index (χ3v) is 4.95. The third-order valence-electron chi connectivity index (χ3n) is 4.72. The second kappa shape index (κ2) is 6.37. The van der Waals surface area contributed by atoms with Crippen molar-refractivity contribution in [2.75, 3.05) is 4.90 Å². The number of hydrogen-bond acceptors (Lipinski definition) is 3. The molecular formula is C20H19ClN4. The lowest BCUT2D eigenvalue weighted by Gasteiger charge is -2.38. The van der Waals surface area contributed by atoms with Crippen LogP contribution >= 0.6 is 11.6 Å². The second-order valence-electron chi connectivity index (χ2n) is 6.31. The minimum atomic E-state index is 0.0706. The molecule has 5 heteroatoms. The molecule has 1 N–H and O–H groups in total. The molecule has 3 aromatic rings. The van der Waals surface area contributed by atoms with Crippen molar-refractivity contribution in [3.05, 3.63) is 71.0 Å². The molecule has 0 spiro atoms. The number of fused-ring (bicyclic) bond motifs is 1. The lowest BCUT2D eigenvalue weighted by atomic mass is 9.99. The van der Waals surface area contributed by atoms with E-state index >= 15 is 0 Å². The Morgan fingerprint density at radius 2 is 2.04 bits per heavy atom. The van der Waals surface area contributed by atoms with E-state index in [9.17, 15) is 0 Å². The maximum Gasteiger partial charge on any atom is 0.118 e. The zero-order valence-electron chi connectivity index (χ0n) is 14.1. The van der Waals surface area contributed by atoms with Crippen molar-refractivity contribution in [2.45, 2.75) is 26.1 Å². The molecule has 4 rings (SSSR count). The summed E-state index contributed by atoms with van der Waals surface area (Å²) in [6, 6.07) is 14.7. The molecule has 126 valence electrons. The largest absolute Gasteiger partial charge is 0.342 e. The van der Waals surface area contributed by atoms with E-state index in [-0.39, 0.29) is 12.2 Å². The maximum absolute atomic E-state index is 6.19. The van der Waals surface area contributed by atoms with Crippen LogP contribution in [0.5, 0.6) is 0 Å². The number of aromatic amines is 1. The standard InChI is InChI=1S/C20H19ClN4/c1-13(15-4-3-5-19(21)9-15)25-14(2)22-10-17-8-16(6-7-20(17)25)18-11-23-24-12-18/h3-14H,1-2H3,(H,23,24). The number of halogens is 1. The summed E-state index contributed by atoms with van der Waals surface area (Å²) in [6.45, 7) is 4.31. The summed E-state index contributed by atoms with van der Waals surface area (Å²) < 4.78 is 0. The molecule has 0 bridgehead atoms. The number of H-pyrrole nitrogens is 1. The van der Waals surface area contributed by atoms with Crippen LogP contribution in [0.3, 0.4) is 0 Å². The van der Waals surface area contributed by atoms with Gasteiger partial charge in [0, 0.05) is 34.2 Å². The van der Waals surface area contributed by atoms with Gasteiger partial charge in [-0.05, 0) is 49.2 Å². The number of anilines is 1. The number of nitrogens with zero attached hydrogens (tertiary/aromatic N) is 3. The predicted octanol–water partition coefficient (Wildman–Crippen LogP) is 5.08. The molecule has 0 aliphatic carbocycles. The van der Waals surface area contributed by atoms with Crippen molar-refractivity contribution < 1.29 is 0 Å². The van der Waals surface area contributed by atoms with Gasteiger partial charge in [-0.3, -0.25) is 10.1 Å². The second-order valence-corrected chi connectivity index (χ2v) is 6.75. The monoisotopic (exact) mass is 350 g/mol. The van der Waals surface area contributed by atoms with Crippen LogP contribution in [0.1, 0.15) is 31.0 Å². The number of nitrogens with one attached hydrogen (secondary N) is 1. The normalized spacial score (nSPS) is 17.4. The first-order valence-corrected chi connectivity index (χ1v) is 8.71. The summed E-state index contributed by atoms with van der Waals surface area (Å²) in [6.07, 6.45) is 5.76. The Kier molecular flexibility index (Phi) is 4.06. The van der Waals surface area contributed by atoms with Crippen LogP contribution in [0.15, 0.2) is 59.9 Å². The first-order chi connectivity index (χ1) is 12.1. The maximum atomic E-state index is 6.19.